The van der Waals surface area contributed by atoms with Gasteiger partial charge in [-0.2, -0.15) is 0 Å². The highest BCUT2D eigenvalue weighted by Crippen LogP contribution is 2.24. The zero-order chi connectivity index (χ0) is 11.1. The van der Waals surface area contributed by atoms with Crippen LogP contribution in [-0.2, 0) is 0 Å². The van der Waals surface area contributed by atoms with E-state index in [0.717, 1.165) is 0 Å². The van der Waals surface area contributed by atoms with E-state index in [0.29, 0.717) is 5.92 Å². The molecule has 1 heteroatoms. The van der Waals surface area contributed by atoms with Gasteiger partial charge in [0.05, 0.1) is 0 Å². The Hall–Kier alpha value is -0.430. The predicted molar refractivity (Wildman–Crippen MR) is 68.4 cm³/mol. The lowest BCUT2D eigenvalue weighted by molar-refractivity contribution is 0.860. The molecule has 1 rings (SSSR count). The van der Waals surface area contributed by atoms with Gasteiger partial charge in [0.25, 0.3) is 0 Å². The number of hydrogen-bond acceptors (Lipinski definition) is 1. The van der Waals surface area contributed by atoms with Crippen LogP contribution in [0.3, 0.4) is 0 Å². The van der Waals surface area contributed by atoms with Gasteiger partial charge in [0.15, 0.2) is 0 Å². The van der Waals surface area contributed by atoms with Crippen LogP contribution in [0.1, 0.15) is 44.7 Å². The molecular weight excluding hydrogens is 188 g/mol. The van der Waals surface area contributed by atoms with Gasteiger partial charge in [0, 0.05) is 4.90 Å². The van der Waals surface area contributed by atoms with Crippen LogP contribution in [0.5, 0.6) is 0 Å². The van der Waals surface area contributed by atoms with Gasteiger partial charge < -0.3 is 0 Å². The molecule has 0 saturated carbocycles. The maximum Gasteiger partial charge on any atom is 0.0101 e. The highest BCUT2D eigenvalue weighted by molar-refractivity contribution is 7.98. The lowest BCUT2D eigenvalue weighted by Gasteiger charge is -2.08. The van der Waals surface area contributed by atoms with Crippen LogP contribution in [0, 0.1) is 6.92 Å². The van der Waals surface area contributed by atoms with E-state index in [4.69, 9.17) is 0 Å². The van der Waals surface area contributed by atoms with Gasteiger partial charge in [-0.1, -0.05) is 39.8 Å². The second-order valence-corrected chi connectivity index (χ2v) is 4.23. The molecule has 0 heterocycles. The number of hydrogen-bond donors (Lipinski definition) is 0. The fourth-order valence-electron chi connectivity index (χ4n) is 1.20. The van der Waals surface area contributed by atoms with E-state index < -0.39 is 0 Å². The van der Waals surface area contributed by atoms with Gasteiger partial charge in [-0.25, -0.2) is 0 Å². The van der Waals surface area contributed by atoms with Gasteiger partial charge in [0.1, 0.15) is 0 Å². The predicted octanol–water partition coefficient (Wildman–Crippen LogP) is 4.87. The van der Waals surface area contributed by atoms with E-state index in [1.54, 1.807) is 0 Å². The minimum absolute atomic E-state index is 0.636. The molecule has 0 spiro atoms. The van der Waals surface area contributed by atoms with Crippen LogP contribution in [0.15, 0.2) is 23.1 Å². The van der Waals surface area contributed by atoms with Crippen LogP contribution in [0.2, 0.25) is 0 Å². The molecule has 0 bridgehead atoms. The first-order chi connectivity index (χ1) is 6.65. The lowest BCUT2D eigenvalue weighted by Crippen LogP contribution is -1.88. The first-order valence-electron chi connectivity index (χ1n) is 5.29. The zero-order valence-corrected chi connectivity index (χ0v) is 11.0. The molecule has 1 aromatic carbocycles. The van der Waals surface area contributed by atoms with E-state index in [-0.39, 0.29) is 0 Å². The van der Waals surface area contributed by atoms with Crippen molar-refractivity contribution in [1.29, 1.82) is 0 Å². The molecule has 0 fully saturated rings. The summed E-state index contributed by atoms with van der Waals surface area (Å²) in [7, 11) is 0. The molecule has 0 aliphatic rings. The van der Waals surface area contributed by atoms with Gasteiger partial charge >= 0.3 is 0 Å². The van der Waals surface area contributed by atoms with Crippen molar-refractivity contribution in [3.8, 4) is 0 Å². The summed E-state index contributed by atoms with van der Waals surface area (Å²) in [4.78, 5) is 1.40. The Bertz CT molecular complexity index is 264. The van der Waals surface area contributed by atoms with Gasteiger partial charge in [-0.05, 0) is 36.3 Å². The Morgan fingerprint density at radius 2 is 1.71 bits per heavy atom. The van der Waals surface area contributed by atoms with Crippen molar-refractivity contribution in [3.05, 3.63) is 29.3 Å². The molecule has 0 aliphatic heterocycles. The molecule has 0 saturated heterocycles. The molecule has 1 aromatic rings. The summed E-state index contributed by atoms with van der Waals surface area (Å²) in [5.74, 6) is 0.636. The van der Waals surface area contributed by atoms with Crippen molar-refractivity contribution in [2.75, 3.05) is 6.26 Å². The molecule has 0 nitrogen and oxygen atoms in total. The third kappa shape index (κ3) is 3.75. The van der Waals surface area contributed by atoms with Gasteiger partial charge in [0.2, 0.25) is 0 Å². The fraction of sp³-hybridized carbons (Fsp3) is 0.538. The van der Waals surface area contributed by atoms with Crippen LogP contribution < -0.4 is 0 Å². The third-order valence-electron chi connectivity index (χ3n) is 2.10. The second-order valence-electron chi connectivity index (χ2n) is 3.38. The van der Waals surface area contributed by atoms with Crippen molar-refractivity contribution in [3.63, 3.8) is 0 Å². The van der Waals surface area contributed by atoms with E-state index >= 15 is 0 Å². The molecule has 0 aromatic heterocycles. The summed E-state index contributed by atoms with van der Waals surface area (Å²) in [6.07, 6.45) is 2.13. The van der Waals surface area contributed by atoms with E-state index in [1.807, 2.05) is 25.6 Å². The highest BCUT2D eigenvalue weighted by Gasteiger charge is 2.01. The molecule has 14 heavy (non-hydrogen) atoms. The summed E-state index contributed by atoms with van der Waals surface area (Å²) < 4.78 is 0. The Balaban J connectivity index is 0.000000791. The third-order valence-corrected chi connectivity index (χ3v) is 2.98. The van der Waals surface area contributed by atoms with Gasteiger partial charge in [-0.15, -0.1) is 11.8 Å². The largest absolute Gasteiger partial charge is 0.129 e. The lowest BCUT2D eigenvalue weighted by atomic mass is 10.0. The SMILES string of the molecule is CC.CSc1cc(C(C)C)ccc1C. The van der Waals surface area contributed by atoms with Crippen molar-refractivity contribution >= 4 is 11.8 Å². The standard InChI is InChI=1S/C11H16S.C2H6/c1-8(2)10-6-5-9(3)11(7-10)12-4;1-2/h5-8H,1-4H3;1-2H3. The minimum Gasteiger partial charge on any atom is -0.129 e. The molecule has 0 atom stereocenters. The maximum absolute atomic E-state index is 2.30. The van der Waals surface area contributed by atoms with Crippen LogP contribution >= 0.6 is 11.8 Å². The molecular formula is C13H22S. The van der Waals surface area contributed by atoms with Crippen molar-refractivity contribution in [1.82, 2.24) is 0 Å². The first kappa shape index (κ1) is 13.6. The molecule has 0 radical (unpaired) electrons. The first-order valence-corrected chi connectivity index (χ1v) is 6.52. The van der Waals surface area contributed by atoms with Crippen molar-refractivity contribution in [2.45, 2.75) is 45.4 Å². The summed E-state index contributed by atoms with van der Waals surface area (Å²) in [5.41, 5.74) is 2.82. The van der Waals surface area contributed by atoms with E-state index in [1.165, 1.54) is 16.0 Å². The smallest absolute Gasteiger partial charge is 0.0101 e. The summed E-state index contributed by atoms with van der Waals surface area (Å²) in [6, 6.07) is 6.73. The van der Waals surface area contributed by atoms with E-state index in [2.05, 4.69) is 45.2 Å². The normalized spacial score (nSPS) is 9.64. The Labute approximate surface area is 93.1 Å². The molecule has 0 N–H and O–H groups in total. The summed E-state index contributed by atoms with van der Waals surface area (Å²) in [5, 5.41) is 0. The number of aryl methyl sites for hydroxylation is 1. The summed E-state index contributed by atoms with van der Waals surface area (Å²) >= 11 is 1.83. The van der Waals surface area contributed by atoms with Crippen molar-refractivity contribution in [2.24, 2.45) is 0 Å². The number of benzene rings is 1. The number of thioether (sulfide) groups is 1. The molecule has 0 amide bonds. The minimum atomic E-state index is 0.636. The maximum atomic E-state index is 2.30. The fourth-order valence-corrected chi connectivity index (χ4v) is 1.84. The summed E-state index contributed by atoms with van der Waals surface area (Å²) in [6.45, 7) is 10.6. The Morgan fingerprint density at radius 3 is 2.14 bits per heavy atom. The second kappa shape index (κ2) is 6.94. The monoisotopic (exact) mass is 210 g/mol. The quantitative estimate of drug-likeness (QED) is 0.628. The average molecular weight is 210 g/mol. The van der Waals surface area contributed by atoms with Crippen LogP contribution in [0.25, 0.3) is 0 Å². The van der Waals surface area contributed by atoms with Crippen LogP contribution in [0.4, 0.5) is 0 Å². The van der Waals surface area contributed by atoms with Crippen molar-refractivity contribution < 1.29 is 0 Å². The number of rotatable bonds is 2. The topological polar surface area (TPSA) is 0 Å². The van der Waals surface area contributed by atoms with Crippen LogP contribution in [-0.4, -0.2) is 6.26 Å². The average Bonchev–Trinajstić information content (AvgIpc) is 2.21. The zero-order valence-electron chi connectivity index (χ0n) is 10.2. The highest BCUT2D eigenvalue weighted by atomic mass is 32.2. The molecule has 0 aliphatic carbocycles. The Morgan fingerprint density at radius 1 is 1.14 bits per heavy atom. The Kier molecular flexibility index (Phi) is 6.73. The van der Waals surface area contributed by atoms with Gasteiger partial charge in [-0.3, -0.25) is 0 Å². The molecule has 0 unspecified atom stereocenters. The van der Waals surface area contributed by atoms with E-state index in [9.17, 15) is 0 Å². The molecule has 80 valence electrons.